The number of ether oxygens (including phenoxy) is 3. The van der Waals surface area contributed by atoms with Crippen molar-refractivity contribution < 1.29 is 19.0 Å². The van der Waals surface area contributed by atoms with E-state index < -0.39 is 0 Å². The summed E-state index contributed by atoms with van der Waals surface area (Å²) in [6.45, 7) is 2.55. The van der Waals surface area contributed by atoms with E-state index >= 15 is 0 Å². The van der Waals surface area contributed by atoms with E-state index in [-0.39, 0.29) is 5.91 Å². The number of hydrogen-bond acceptors (Lipinski definition) is 7. The van der Waals surface area contributed by atoms with Gasteiger partial charge in [0.25, 0.3) is 5.91 Å². The van der Waals surface area contributed by atoms with Crippen LogP contribution in [0.5, 0.6) is 17.2 Å². The highest BCUT2D eigenvalue weighted by Gasteiger charge is 2.23. The van der Waals surface area contributed by atoms with Crippen LogP contribution in [0.3, 0.4) is 0 Å². The van der Waals surface area contributed by atoms with Crippen LogP contribution in [0.4, 0.5) is 5.13 Å². The van der Waals surface area contributed by atoms with Crippen LogP contribution in [0.25, 0.3) is 0 Å². The Morgan fingerprint density at radius 1 is 1.26 bits per heavy atom. The number of benzene rings is 1. The molecule has 1 unspecified atom stereocenters. The Labute approximate surface area is 163 Å². The van der Waals surface area contributed by atoms with Gasteiger partial charge in [-0.05, 0) is 30.9 Å². The zero-order valence-corrected chi connectivity index (χ0v) is 16.7. The Morgan fingerprint density at radius 3 is 2.59 bits per heavy atom. The van der Waals surface area contributed by atoms with E-state index in [1.54, 1.807) is 23.5 Å². The molecular weight excluding hydrogens is 366 g/mol. The van der Waals surface area contributed by atoms with Crippen molar-refractivity contribution in [1.29, 1.82) is 0 Å². The summed E-state index contributed by atoms with van der Waals surface area (Å²) < 4.78 is 15.9. The van der Waals surface area contributed by atoms with Crippen LogP contribution in [-0.4, -0.2) is 51.9 Å². The molecule has 0 radical (unpaired) electrons. The molecule has 146 valence electrons. The van der Waals surface area contributed by atoms with Crippen LogP contribution in [-0.2, 0) is 0 Å². The lowest BCUT2D eigenvalue weighted by Crippen LogP contribution is -2.41. The second-order valence-electron chi connectivity index (χ2n) is 6.39. The summed E-state index contributed by atoms with van der Waals surface area (Å²) in [7, 11) is 4.61. The van der Waals surface area contributed by atoms with Gasteiger partial charge in [-0.15, -0.1) is 11.3 Å². The van der Waals surface area contributed by atoms with Gasteiger partial charge in [0, 0.05) is 36.8 Å². The topological polar surface area (TPSA) is 72.9 Å². The van der Waals surface area contributed by atoms with Gasteiger partial charge in [0.05, 0.1) is 21.3 Å². The largest absolute Gasteiger partial charge is 0.493 e. The van der Waals surface area contributed by atoms with E-state index in [0.29, 0.717) is 35.3 Å². The van der Waals surface area contributed by atoms with Gasteiger partial charge in [-0.2, -0.15) is 0 Å². The molecule has 8 heteroatoms. The number of carbonyl (C=O) groups is 1. The molecule has 0 bridgehead atoms. The monoisotopic (exact) mass is 391 g/mol. The second-order valence-corrected chi connectivity index (χ2v) is 7.27. The van der Waals surface area contributed by atoms with Gasteiger partial charge in [0.1, 0.15) is 0 Å². The van der Waals surface area contributed by atoms with E-state index in [1.165, 1.54) is 21.3 Å². The van der Waals surface area contributed by atoms with Gasteiger partial charge in [-0.3, -0.25) is 4.79 Å². The predicted octanol–water partition coefficient (Wildman–Crippen LogP) is 2.82. The average molecular weight is 391 g/mol. The van der Waals surface area contributed by atoms with E-state index in [9.17, 15) is 4.79 Å². The highest BCUT2D eigenvalue weighted by atomic mass is 32.1. The summed E-state index contributed by atoms with van der Waals surface area (Å²) in [5, 5.41) is 6.08. The normalized spacial score (nSPS) is 16.7. The van der Waals surface area contributed by atoms with Gasteiger partial charge in [-0.25, -0.2) is 4.98 Å². The molecule has 1 aromatic heterocycles. The highest BCUT2D eigenvalue weighted by Crippen LogP contribution is 2.38. The number of methoxy groups -OCH3 is 3. The van der Waals surface area contributed by atoms with Crippen LogP contribution >= 0.6 is 11.3 Å². The van der Waals surface area contributed by atoms with Gasteiger partial charge in [0.2, 0.25) is 5.75 Å². The van der Waals surface area contributed by atoms with Gasteiger partial charge in [-0.1, -0.05) is 0 Å². The van der Waals surface area contributed by atoms with Crippen molar-refractivity contribution in [2.45, 2.75) is 12.8 Å². The first-order valence-corrected chi connectivity index (χ1v) is 9.76. The SMILES string of the molecule is COc1cc(C(=O)NCC2CCCN(c3nccs3)C2)cc(OC)c1OC. The van der Waals surface area contributed by atoms with Crippen molar-refractivity contribution >= 4 is 22.4 Å². The molecule has 1 aliphatic rings. The summed E-state index contributed by atoms with van der Waals surface area (Å²) >= 11 is 1.65. The molecule has 2 aromatic rings. The second kappa shape index (κ2) is 8.94. The van der Waals surface area contributed by atoms with Crippen LogP contribution < -0.4 is 24.4 Å². The van der Waals surface area contributed by atoms with Crippen LogP contribution in [0.15, 0.2) is 23.7 Å². The fraction of sp³-hybridized carbons (Fsp3) is 0.474. The molecule has 0 saturated carbocycles. The minimum Gasteiger partial charge on any atom is -0.493 e. The number of rotatable bonds is 7. The molecule has 1 aromatic carbocycles. The molecule has 1 fully saturated rings. The molecular formula is C19H25N3O4S. The molecule has 0 aliphatic carbocycles. The molecule has 1 atom stereocenters. The molecule has 27 heavy (non-hydrogen) atoms. The van der Waals surface area contributed by atoms with Crippen molar-refractivity contribution in [3.8, 4) is 17.2 Å². The lowest BCUT2D eigenvalue weighted by Gasteiger charge is -2.32. The minimum atomic E-state index is -0.152. The predicted molar refractivity (Wildman–Crippen MR) is 105 cm³/mol. The zero-order chi connectivity index (χ0) is 19.2. The Hall–Kier alpha value is -2.48. The van der Waals surface area contributed by atoms with Crippen molar-refractivity contribution in [2.24, 2.45) is 5.92 Å². The summed E-state index contributed by atoms with van der Waals surface area (Å²) in [5.74, 6) is 1.65. The van der Waals surface area contributed by atoms with Crippen LogP contribution in [0.1, 0.15) is 23.2 Å². The van der Waals surface area contributed by atoms with Crippen molar-refractivity contribution in [3.05, 3.63) is 29.3 Å². The Balaban J connectivity index is 1.63. The lowest BCUT2D eigenvalue weighted by molar-refractivity contribution is 0.0945. The van der Waals surface area contributed by atoms with E-state index in [1.807, 2.05) is 11.6 Å². The highest BCUT2D eigenvalue weighted by molar-refractivity contribution is 7.13. The Kier molecular flexibility index (Phi) is 6.39. The maximum Gasteiger partial charge on any atom is 0.251 e. The van der Waals surface area contributed by atoms with Crippen LogP contribution in [0.2, 0.25) is 0 Å². The third-order valence-corrected chi connectivity index (χ3v) is 5.52. The number of piperidine rings is 1. The zero-order valence-electron chi connectivity index (χ0n) is 15.9. The Bertz CT molecular complexity index is 741. The molecule has 7 nitrogen and oxygen atoms in total. The first kappa shape index (κ1) is 19.3. The fourth-order valence-corrected chi connectivity index (χ4v) is 4.01. The summed E-state index contributed by atoms with van der Waals surface area (Å²) in [5.41, 5.74) is 0.483. The summed E-state index contributed by atoms with van der Waals surface area (Å²) in [6, 6.07) is 3.33. The quantitative estimate of drug-likeness (QED) is 0.782. The summed E-state index contributed by atoms with van der Waals surface area (Å²) in [6.07, 6.45) is 4.03. The molecule has 1 amide bonds. The number of anilines is 1. The van der Waals surface area contributed by atoms with Crippen molar-refractivity contribution in [1.82, 2.24) is 10.3 Å². The molecule has 1 N–H and O–H groups in total. The average Bonchev–Trinajstić information content (AvgIpc) is 3.26. The van der Waals surface area contributed by atoms with Crippen molar-refractivity contribution in [3.63, 3.8) is 0 Å². The molecule has 0 spiro atoms. The molecule has 3 rings (SSSR count). The first-order chi connectivity index (χ1) is 13.2. The number of hydrogen-bond donors (Lipinski definition) is 1. The molecule has 1 aliphatic heterocycles. The van der Waals surface area contributed by atoms with Crippen LogP contribution in [0, 0.1) is 5.92 Å². The fourth-order valence-electron chi connectivity index (χ4n) is 3.33. The van der Waals surface area contributed by atoms with E-state index in [2.05, 4.69) is 15.2 Å². The van der Waals surface area contributed by atoms with Gasteiger partial charge in [0.15, 0.2) is 16.6 Å². The minimum absolute atomic E-state index is 0.152. The van der Waals surface area contributed by atoms with E-state index in [4.69, 9.17) is 14.2 Å². The third kappa shape index (κ3) is 4.44. The van der Waals surface area contributed by atoms with E-state index in [0.717, 1.165) is 31.1 Å². The van der Waals surface area contributed by atoms with Gasteiger partial charge >= 0.3 is 0 Å². The van der Waals surface area contributed by atoms with Gasteiger partial charge < -0.3 is 24.4 Å². The number of aromatic nitrogens is 1. The standard InChI is InChI=1S/C19H25N3O4S/c1-24-15-9-14(10-16(25-2)17(15)26-3)18(23)21-11-13-5-4-7-22(12-13)19-20-6-8-27-19/h6,8-10,13H,4-5,7,11-12H2,1-3H3,(H,21,23). The molecule has 2 heterocycles. The maximum atomic E-state index is 12.6. The number of nitrogens with zero attached hydrogens (tertiary/aromatic N) is 2. The molecule has 1 saturated heterocycles. The number of nitrogens with one attached hydrogen (secondary N) is 1. The number of thiazole rings is 1. The summed E-state index contributed by atoms with van der Waals surface area (Å²) in [4.78, 5) is 19.3. The third-order valence-electron chi connectivity index (χ3n) is 4.69. The smallest absolute Gasteiger partial charge is 0.251 e. The van der Waals surface area contributed by atoms with Crippen molar-refractivity contribution in [2.75, 3.05) is 45.9 Å². The number of carbonyl (C=O) groups excluding carboxylic acids is 1. The first-order valence-electron chi connectivity index (χ1n) is 8.89. The maximum absolute atomic E-state index is 12.6. The number of amides is 1. The Morgan fingerprint density at radius 2 is 2.00 bits per heavy atom. The lowest BCUT2D eigenvalue weighted by atomic mass is 9.98.